The van der Waals surface area contributed by atoms with Crippen LogP contribution in [0.5, 0.6) is 0 Å². The lowest BCUT2D eigenvalue weighted by Crippen LogP contribution is -2.12. The Kier molecular flexibility index (Phi) is 4.61. The Morgan fingerprint density at radius 3 is 2.43 bits per heavy atom. The molecule has 21 heavy (non-hydrogen) atoms. The maximum absolute atomic E-state index is 4.74. The van der Waals surface area contributed by atoms with E-state index in [0.29, 0.717) is 0 Å². The number of rotatable bonds is 4. The fourth-order valence-electron chi connectivity index (χ4n) is 2.04. The summed E-state index contributed by atoms with van der Waals surface area (Å²) in [6.07, 6.45) is 0.757. The number of aromatic nitrogens is 3. The van der Waals surface area contributed by atoms with Gasteiger partial charge in [0.25, 0.3) is 0 Å². The van der Waals surface area contributed by atoms with Gasteiger partial charge in [-0.2, -0.15) is 5.10 Å². The van der Waals surface area contributed by atoms with Crippen LogP contribution in [0.3, 0.4) is 0 Å². The van der Waals surface area contributed by atoms with E-state index in [9.17, 15) is 0 Å². The van der Waals surface area contributed by atoms with Gasteiger partial charge in [-0.05, 0) is 31.9 Å². The first kappa shape index (κ1) is 15.9. The molecule has 0 aliphatic heterocycles. The van der Waals surface area contributed by atoms with Crippen LogP contribution >= 0.6 is 11.3 Å². The fraction of sp³-hybridized carbons (Fsp3) is 0.562. The first-order valence-corrected chi connectivity index (χ1v) is 8.22. The minimum absolute atomic E-state index is 0.0975. The number of nitrogens with zero attached hydrogens (tertiary/aromatic N) is 3. The summed E-state index contributed by atoms with van der Waals surface area (Å²) in [5, 5.41) is 15.2. The summed E-state index contributed by atoms with van der Waals surface area (Å²) < 4.78 is 0. The van der Waals surface area contributed by atoms with Gasteiger partial charge in [0.2, 0.25) is 0 Å². The van der Waals surface area contributed by atoms with Gasteiger partial charge in [0.15, 0.2) is 5.82 Å². The van der Waals surface area contributed by atoms with Crippen LogP contribution < -0.4 is 5.32 Å². The molecule has 0 aliphatic rings. The highest BCUT2D eigenvalue weighted by atomic mass is 32.1. The number of anilines is 1. The Labute approximate surface area is 131 Å². The molecule has 0 aliphatic carbocycles. The van der Waals surface area contributed by atoms with Crippen molar-refractivity contribution >= 4 is 17.2 Å². The summed E-state index contributed by atoms with van der Waals surface area (Å²) in [5.74, 6) is 0.883. The van der Waals surface area contributed by atoms with Gasteiger partial charge < -0.3 is 5.32 Å². The molecule has 1 N–H and O–H groups in total. The summed E-state index contributed by atoms with van der Waals surface area (Å²) in [7, 11) is 0. The Hall–Kier alpha value is -1.49. The van der Waals surface area contributed by atoms with E-state index in [1.807, 2.05) is 0 Å². The zero-order valence-electron chi connectivity index (χ0n) is 13.7. The first-order chi connectivity index (χ1) is 9.82. The molecule has 2 aromatic heterocycles. The van der Waals surface area contributed by atoms with Crippen molar-refractivity contribution < 1.29 is 0 Å². The number of thiazole rings is 1. The molecule has 0 bridgehead atoms. The van der Waals surface area contributed by atoms with Gasteiger partial charge in [0.05, 0.1) is 16.4 Å². The van der Waals surface area contributed by atoms with E-state index in [1.54, 1.807) is 11.3 Å². The molecule has 0 radical (unpaired) electrons. The van der Waals surface area contributed by atoms with Crippen LogP contribution in [-0.2, 0) is 11.8 Å². The van der Waals surface area contributed by atoms with Gasteiger partial charge in [-0.3, -0.25) is 0 Å². The van der Waals surface area contributed by atoms with Crippen molar-refractivity contribution in [1.29, 1.82) is 0 Å². The zero-order chi connectivity index (χ0) is 15.6. The first-order valence-electron chi connectivity index (χ1n) is 7.34. The Morgan fingerprint density at radius 1 is 1.14 bits per heavy atom. The van der Waals surface area contributed by atoms with Crippen LogP contribution in [0.4, 0.5) is 5.82 Å². The monoisotopic (exact) mass is 304 g/mol. The summed E-state index contributed by atoms with van der Waals surface area (Å²) in [4.78, 5) is 4.74. The molecule has 2 rings (SSSR count). The third-order valence-electron chi connectivity index (χ3n) is 3.60. The van der Waals surface area contributed by atoms with E-state index in [1.165, 1.54) is 11.1 Å². The lowest BCUT2D eigenvalue weighted by atomic mass is 9.93. The van der Waals surface area contributed by atoms with Gasteiger partial charge in [-0.1, -0.05) is 20.8 Å². The van der Waals surface area contributed by atoms with E-state index in [4.69, 9.17) is 4.98 Å². The van der Waals surface area contributed by atoms with Crippen molar-refractivity contribution in [3.63, 3.8) is 0 Å². The lowest BCUT2D eigenvalue weighted by molar-refractivity contribution is 0.571. The second-order valence-corrected chi connectivity index (χ2v) is 7.27. The predicted molar refractivity (Wildman–Crippen MR) is 89.3 cm³/mol. The van der Waals surface area contributed by atoms with E-state index >= 15 is 0 Å². The maximum atomic E-state index is 4.74. The molecule has 0 unspecified atom stereocenters. The van der Waals surface area contributed by atoms with Gasteiger partial charge >= 0.3 is 0 Å². The molecular weight excluding hydrogens is 280 g/mol. The van der Waals surface area contributed by atoms with Crippen LogP contribution in [0, 0.1) is 13.8 Å². The van der Waals surface area contributed by atoms with E-state index < -0.39 is 0 Å². The minimum atomic E-state index is 0.0975. The second-order valence-electron chi connectivity index (χ2n) is 6.33. The van der Waals surface area contributed by atoms with E-state index in [2.05, 4.69) is 62.4 Å². The molecule has 2 heterocycles. The fourth-order valence-corrected chi connectivity index (χ4v) is 3.06. The number of hydrogen-bond acceptors (Lipinski definition) is 5. The van der Waals surface area contributed by atoms with Crippen molar-refractivity contribution in [1.82, 2.24) is 15.2 Å². The van der Waals surface area contributed by atoms with Crippen LogP contribution in [0.25, 0.3) is 0 Å². The average molecular weight is 304 g/mol. The summed E-state index contributed by atoms with van der Waals surface area (Å²) in [5.41, 5.74) is 4.64. The summed E-state index contributed by atoms with van der Waals surface area (Å²) >= 11 is 1.71. The SMILES string of the molecule is CCNc1nnc(Cc2nc(C(C)(C)C)cs2)c(C)c1C. The quantitative estimate of drug-likeness (QED) is 0.931. The molecule has 0 aromatic carbocycles. The molecule has 0 fully saturated rings. The third-order valence-corrected chi connectivity index (χ3v) is 4.45. The van der Waals surface area contributed by atoms with Crippen molar-refractivity contribution in [2.24, 2.45) is 0 Å². The molecule has 0 spiro atoms. The molecule has 4 nitrogen and oxygen atoms in total. The number of nitrogens with one attached hydrogen (secondary N) is 1. The van der Waals surface area contributed by atoms with E-state index in [-0.39, 0.29) is 5.41 Å². The highest BCUT2D eigenvalue weighted by molar-refractivity contribution is 7.09. The largest absolute Gasteiger partial charge is 0.369 e. The normalized spacial score (nSPS) is 11.7. The van der Waals surface area contributed by atoms with Crippen molar-refractivity contribution in [3.8, 4) is 0 Å². The zero-order valence-corrected chi connectivity index (χ0v) is 14.6. The highest BCUT2D eigenvalue weighted by Crippen LogP contribution is 2.26. The Bertz CT molecular complexity index is 626. The smallest absolute Gasteiger partial charge is 0.151 e. The molecule has 114 valence electrons. The third kappa shape index (κ3) is 3.59. The lowest BCUT2D eigenvalue weighted by Gasteiger charge is -2.14. The minimum Gasteiger partial charge on any atom is -0.369 e. The number of hydrogen-bond donors (Lipinski definition) is 1. The van der Waals surface area contributed by atoms with Crippen LogP contribution in [0.15, 0.2) is 5.38 Å². The summed E-state index contributed by atoms with van der Waals surface area (Å²) in [6, 6.07) is 0. The Balaban J connectivity index is 2.24. The Morgan fingerprint density at radius 2 is 1.86 bits per heavy atom. The molecule has 0 saturated heterocycles. The van der Waals surface area contributed by atoms with Crippen LogP contribution in [0.2, 0.25) is 0 Å². The average Bonchev–Trinajstić information content (AvgIpc) is 2.87. The van der Waals surface area contributed by atoms with Crippen molar-refractivity contribution in [2.75, 3.05) is 11.9 Å². The van der Waals surface area contributed by atoms with Gasteiger partial charge in [-0.25, -0.2) is 4.98 Å². The van der Waals surface area contributed by atoms with Crippen molar-refractivity contribution in [2.45, 2.75) is 53.4 Å². The topological polar surface area (TPSA) is 50.7 Å². The molecule has 2 aromatic rings. The van der Waals surface area contributed by atoms with Gasteiger partial charge in [-0.15, -0.1) is 16.4 Å². The van der Waals surface area contributed by atoms with Gasteiger partial charge in [0, 0.05) is 23.8 Å². The van der Waals surface area contributed by atoms with Crippen LogP contribution in [0.1, 0.15) is 55.2 Å². The molecular formula is C16H24N4S. The van der Waals surface area contributed by atoms with Crippen molar-refractivity contribution in [3.05, 3.63) is 32.9 Å². The molecule has 5 heteroatoms. The summed E-state index contributed by atoms with van der Waals surface area (Å²) in [6.45, 7) is 13.7. The van der Waals surface area contributed by atoms with E-state index in [0.717, 1.165) is 35.2 Å². The molecule has 0 amide bonds. The molecule has 0 saturated carbocycles. The second kappa shape index (κ2) is 6.10. The molecule has 0 atom stereocenters. The van der Waals surface area contributed by atoms with Gasteiger partial charge in [0.1, 0.15) is 0 Å². The highest BCUT2D eigenvalue weighted by Gasteiger charge is 2.18. The predicted octanol–water partition coefficient (Wildman–Crippen LogP) is 3.87. The van der Waals surface area contributed by atoms with Crippen LogP contribution in [-0.4, -0.2) is 21.7 Å². The standard InChI is InChI=1S/C16H24N4S/c1-7-17-15-11(3)10(2)12(19-20-15)8-14-18-13(9-21-14)16(4,5)6/h9H,7-8H2,1-6H3,(H,17,20). The maximum Gasteiger partial charge on any atom is 0.151 e.